The first-order chi connectivity index (χ1) is 27.3. The molecule has 0 bridgehead atoms. The highest BCUT2D eigenvalue weighted by atomic mass is 31.2. The summed E-state index contributed by atoms with van der Waals surface area (Å²) >= 11 is 0. The first-order valence-corrected chi connectivity index (χ1v) is 23.4. The summed E-state index contributed by atoms with van der Waals surface area (Å²) in [6, 6.07) is 0. The van der Waals surface area contributed by atoms with Gasteiger partial charge in [-0.2, -0.15) is 0 Å². The van der Waals surface area contributed by atoms with Crippen molar-refractivity contribution in [2.75, 3.05) is 33.4 Å². The Morgan fingerprint density at radius 1 is 0.571 bits per heavy atom. The van der Waals surface area contributed by atoms with E-state index in [0.717, 1.165) is 77.0 Å². The molecule has 0 aromatic heterocycles. The number of phosphoric ester groups is 1. The van der Waals surface area contributed by atoms with E-state index in [-0.39, 0.29) is 26.1 Å². The minimum absolute atomic E-state index is 0.0292. The van der Waals surface area contributed by atoms with Crippen molar-refractivity contribution in [3.05, 3.63) is 72.9 Å². The lowest BCUT2D eigenvalue weighted by Crippen LogP contribution is -2.29. The highest BCUT2D eigenvalue weighted by Gasteiger charge is 2.26. The number of likely N-dealkylation sites (N-methyl/N-ethyl adjacent to an activating group) is 1. The largest absolute Gasteiger partial charge is 0.472 e. The molecule has 0 fully saturated rings. The van der Waals surface area contributed by atoms with Crippen LogP contribution in [-0.2, 0) is 32.7 Å². The van der Waals surface area contributed by atoms with Crippen LogP contribution >= 0.6 is 7.82 Å². The average Bonchev–Trinajstić information content (AvgIpc) is 3.18. The molecule has 10 heteroatoms. The second-order valence-corrected chi connectivity index (χ2v) is 15.6. The molecule has 0 aliphatic heterocycles. The summed E-state index contributed by atoms with van der Waals surface area (Å²) in [6.45, 7) is 4.02. The molecule has 0 spiro atoms. The minimum atomic E-state index is -4.37. The molecular weight excluding hydrogens is 725 g/mol. The first-order valence-electron chi connectivity index (χ1n) is 21.9. The normalized spacial score (nSPS) is 14.0. The van der Waals surface area contributed by atoms with E-state index in [0.29, 0.717) is 13.0 Å². The Morgan fingerprint density at radius 3 is 1.55 bits per heavy atom. The molecule has 2 atom stereocenters. The molecule has 0 aromatic carbocycles. The predicted octanol–water partition coefficient (Wildman–Crippen LogP) is 12.5. The molecule has 0 aromatic rings. The molecule has 56 heavy (non-hydrogen) atoms. The molecule has 0 aliphatic carbocycles. The average molecular weight is 806 g/mol. The lowest BCUT2D eigenvalue weighted by molar-refractivity contribution is -0.161. The monoisotopic (exact) mass is 806 g/mol. The van der Waals surface area contributed by atoms with Crippen LogP contribution in [0.5, 0.6) is 0 Å². The summed E-state index contributed by atoms with van der Waals surface area (Å²) in [7, 11) is -2.67. The number of hydrogen-bond donors (Lipinski definition) is 2. The van der Waals surface area contributed by atoms with Crippen LogP contribution in [0.2, 0.25) is 0 Å². The van der Waals surface area contributed by atoms with Crippen LogP contribution in [0.15, 0.2) is 72.9 Å². The second kappa shape index (κ2) is 42.1. The fourth-order valence-corrected chi connectivity index (χ4v) is 6.26. The zero-order chi connectivity index (χ0) is 41.1. The van der Waals surface area contributed by atoms with E-state index in [1.54, 1.807) is 7.05 Å². The highest BCUT2D eigenvalue weighted by molar-refractivity contribution is 7.47. The molecule has 0 amide bonds. The van der Waals surface area contributed by atoms with E-state index in [1.165, 1.54) is 57.8 Å². The maximum absolute atomic E-state index is 12.6. The lowest BCUT2D eigenvalue weighted by atomic mass is 10.1. The van der Waals surface area contributed by atoms with Gasteiger partial charge in [0.2, 0.25) is 0 Å². The van der Waals surface area contributed by atoms with Crippen molar-refractivity contribution in [2.24, 2.45) is 0 Å². The molecule has 2 unspecified atom stereocenters. The smallest absolute Gasteiger partial charge is 0.462 e. The van der Waals surface area contributed by atoms with Crippen molar-refractivity contribution in [1.82, 2.24) is 5.32 Å². The van der Waals surface area contributed by atoms with E-state index < -0.39 is 32.5 Å². The predicted molar refractivity (Wildman–Crippen MR) is 233 cm³/mol. The molecule has 0 saturated carbocycles. The molecule has 322 valence electrons. The van der Waals surface area contributed by atoms with E-state index in [1.807, 2.05) is 0 Å². The number of hydrogen-bond acceptors (Lipinski definition) is 8. The van der Waals surface area contributed by atoms with Crippen molar-refractivity contribution in [3.8, 4) is 0 Å². The summed E-state index contributed by atoms with van der Waals surface area (Å²) in [5.41, 5.74) is 0. The molecule has 9 nitrogen and oxygen atoms in total. The summed E-state index contributed by atoms with van der Waals surface area (Å²) in [6.07, 6.45) is 49.5. The van der Waals surface area contributed by atoms with E-state index in [4.69, 9.17) is 18.5 Å². The number of phosphoric acid groups is 1. The van der Waals surface area contributed by atoms with Gasteiger partial charge in [0.25, 0.3) is 0 Å². The summed E-state index contributed by atoms with van der Waals surface area (Å²) in [5.74, 6) is -0.865. The molecular formula is C46H80NO8P. The van der Waals surface area contributed by atoms with E-state index >= 15 is 0 Å². The number of esters is 2. The van der Waals surface area contributed by atoms with Crippen molar-refractivity contribution in [1.29, 1.82) is 0 Å². The zero-order valence-electron chi connectivity index (χ0n) is 35.6. The van der Waals surface area contributed by atoms with Crippen LogP contribution in [0, 0.1) is 0 Å². The van der Waals surface area contributed by atoms with Crippen molar-refractivity contribution < 1.29 is 37.6 Å². The maximum atomic E-state index is 12.6. The van der Waals surface area contributed by atoms with E-state index in [9.17, 15) is 19.0 Å². The topological polar surface area (TPSA) is 120 Å². The van der Waals surface area contributed by atoms with Gasteiger partial charge in [-0.05, 0) is 90.5 Å². The van der Waals surface area contributed by atoms with Crippen molar-refractivity contribution >= 4 is 19.8 Å². The van der Waals surface area contributed by atoms with Crippen LogP contribution in [0.25, 0.3) is 0 Å². The molecule has 2 N–H and O–H groups in total. The fourth-order valence-electron chi connectivity index (χ4n) is 5.51. The van der Waals surface area contributed by atoms with Crippen LogP contribution in [0.1, 0.15) is 168 Å². The maximum Gasteiger partial charge on any atom is 0.472 e. The number of rotatable bonds is 40. The number of nitrogens with one attached hydrogen (secondary N) is 1. The number of ether oxygens (including phenoxy) is 2. The Balaban J connectivity index is 4.27. The van der Waals surface area contributed by atoms with Crippen LogP contribution in [0.4, 0.5) is 0 Å². The molecule has 0 saturated heterocycles. The standard InChI is InChI=1S/C46H80NO8P/c1-4-6-8-10-12-14-16-18-20-21-22-23-25-26-28-30-32-34-36-38-45(48)52-42-44(43-54-56(50,51)53-41-40-47-3)55-46(49)39-37-35-33-31-29-27-24-19-17-15-13-11-9-7-5-2/h7,9,12-15,18-20,24,29,31,44,47H,4-6,8,10-11,16-17,21-23,25-28,30,32-43H2,1-3H3,(H,50,51)/b9-7-,14-12-,15-13-,20-18-,24-19-,31-29-. The lowest BCUT2D eigenvalue weighted by Gasteiger charge is -2.20. The van der Waals surface area contributed by atoms with Gasteiger partial charge in [-0.3, -0.25) is 18.6 Å². The van der Waals surface area contributed by atoms with E-state index in [2.05, 4.69) is 92.1 Å². The summed E-state index contributed by atoms with van der Waals surface area (Å²) in [5, 5.41) is 2.82. The molecule has 0 heterocycles. The Morgan fingerprint density at radius 2 is 1.02 bits per heavy atom. The van der Waals surface area contributed by atoms with Gasteiger partial charge < -0.3 is 19.7 Å². The van der Waals surface area contributed by atoms with Gasteiger partial charge in [0.05, 0.1) is 13.2 Å². The first kappa shape index (κ1) is 53.5. The van der Waals surface area contributed by atoms with Crippen molar-refractivity contribution in [2.45, 2.75) is 174 Å². The van der Waals surface area contributed by atoms with Gasteiger partial charge >= 0.3 is 19.8 Å². The molecule has 0 radical (unpaired) electrons. The van der Waals surface area contributed by atoms with Crippen LogP contribution in [-0.4, -0.2) is 56.3 Å². The summed E-state index contributed by atoms with van der Waals surface area (Å²) < 4.78 is 33.1. The zero-order valence-corrected chi connectivity index (χ0v) is 36.5. The minimum Gasteiger partial charge on any atom is -0.462 e. The third-order valence-electron chi connectivity index (χ3n) is 8.81. The quantitative estimate of drug-likeness (QED) is 0.0270. The Bertz CT molecular complexity index is 1150. The van der Waals surface area contributed by atoms with Gasteiger partial charge in [-0.25, -0.2) is 4.57 Å². The van der Waals surface area contributed by atoms with Gasteiger partial charge in [-0.1, -0.05) is 145 Å². The summed E-state index contributed by atoms with van der Waals surface area (Å²) in [4.78, 5) is 35.0. The number of allylic oxidation sites excluding steroid dienone is 12. The molecule has 0 rings (SSSR count). The van der Waals surface area contributed by atoms with Gasteiger partial charge in [0.15, 0.2) is 6.10 Å². The van der Waals surface area contributed by atoms with Gasteiger partial charge in [-0.15, -0.1) is 0 Å². The van der Waals surface area contributed by atoms with Gasteiger partial charge in [0.1, 0.15) is 6.61 Å². The third-order valence-corrected chi connectivity index (χ3v) is 9.79. The Hall–Kier alpha value is -2.55. The Kier molecular flexibility index (Phi) is 40.2. The van der Waals surface area contributed by atoms with Crippen LogP contribution in [0.3, 0.4) is 0 Å². The number of unbranched alkanes of at least 4 members (excludes halogenated alkanes) is 14. The number of carbonyl (C=O) groups excluding carboxylic acids is 2. The Labute approximate surface area is 342 Å². The fraction of sp³-hybridized carbons (Fsp3) is 0.696. The van der Waals surface area contributed by atoms with Gasteiger partial charge in [0, 0.05) is 19.4 Å². The van der Waals surface area contributed by atoms with Crippen molar-refractivity contribution in [3.63, 3.8) is 0 Å². The van der Waals surface area contributed by atoms with Crippen LogP contribution < -0.4 is 5.32 Å². The number of carbonyl (C=O) groups is 2. The third kappa shape index (κ3) is 41.1. The SMILES string of the molecule is CC/C=C\C/C=C\C/C=C\C/C=C\CCCCC(=O)OC(COC(=O)CCCCCCCCCCC/C=C\C/C=C\CCCCC)COP(=O)(O)OCCNC. The highest BCUT2D eigenvalue weighted by Crippen LogP contribution is 2.43. The molecule has 0 aliphatic rings. The second-order valence-electron chi connectivity index (χ2n) is 14.1.